The van der Waals surface area contributed by atoms with Gasteiger partial charge in [0.1, 0.15) is 0 Å². The van der Waals surface area contributed by atoms with Crippen LogP contribution in [-0.2, 0) is 0 Å². The Hall–Kier alpha value is -9.98. The van der Waals surface area contributed by atoms with Crippen LogP contribution in [0.15, 0.2) is 255 Å². The molecule has 3 aliphatic carbocycles. The van der Waals surface area contributed by atoms with Gasteiger partial charge in [-0.1, -0.05) is 232 Å². The van der Waals surface area contributed by atoms with Crippen LogP contribution in [0.1, 0.15) is 61.5 Å². The molecule has 3 aliphatic rings. The lowest BCUT2D eigenvalue weighted by Gasteiger charge is -2.21. The van der Waals surface area contributed by atoms with Gasteiger partial charge in [-0.05, 0) is 118 Å². The summed E-state index contributed by atoms with van der Waals surface area (Å²) in [6.07, 6.45) is 22.9. The molecular formula is C74H57N7. The Kier molecular flexibility index (Phi) is 13.0. The molecule has 0 saturated carbocycles. The zero-order chi connectivity index (χ0) is 54.2. The first kappa shape index (κ1) is 49.3. The second-order valence-corrected chi connectivity index (χ2v) is 21.5. The van der Waals surface area contributed by atoms with Gasteiger partial charge in [0.15, 0.2) is 29.1 Å². The molecule has 388 valence electrons. The summed E-state index contributed by atoms with van der Waals surface area (Å²) in [5, 5.41) is 2.18. The summed E-state index contributed by atoms with van der Waals surface area (Å²) in [6, 6.07) is 70.9. The maximum Gasteiger partial charge on any atom is 0.238 e. The van der Waals surface area contributed by atoms with Crippen molar-refractivity contribution in [2.45, 2.75) is 39.0 Å². The van der Waals surface area contributed by atoms with Gasteiger partial charge in [-0.3, -0.25) is 4.57 Å². The number of hydrogen-bond donors (Lipinski definition) is 0. The summed E-state index contributed by atoms with van der Waals surface area (Å²) in [6.45, 7) is 4.51. The van der Waals surface area contributed by atoms with Crippen LogP contribution in [-0.4, -0.2) is 34.5 Å². The molecule has 7 heteroatoms. The second-order valence-electron chi connectivity index (χ2n) is 21.5. The molecule has 0 aliphatic heterocycles. The van der Waals surface area contributed by atoms with Gasteiger partial charge in [0.2, 0.25) is 5.95 Å². The Bertz CT molecular complexity index is 4410. The van der Waals surface area contributed by atoms with Gasteiger partial charge in [-0.15, -0.1) is 0 Å². The van der Waals surface area contributed by atoms with Crippen molar-refractivity contribution in [3.05, 3.63) is 277 Å². The lowest BCUT2D eigenvalue weighted by molar-refractivity contribution is 0.635. The average molecular weight is 1040 g/mol. The largest absolute Gasteiger partial charge is 0.278 e. The van der Waals surface area contributed by atoms with E-state index in [0.29, 0.717) is 41.0 Å². The number of fused-ring (bicyclic) bond motifs is 3. The monoisotopic (exact) mass is 1040 g/mol. The molecule has 3 atom stereocenters. The molecule has 7 nitrogen and oxygen atoms in total. The van der Waals surface area contributed by atoms with Crippen molar-refractivity contribution in [1.29, 1.82) is 0 Å². The summed E-state index contributed by atoms with van der Waals surface area (Å²) < 4.78 is 2.23. The van der Waals surface area contributed by atoms with E-state index in [1.165, 1.54) is 22.3 Å². The average Bonchev–Trinajstić information content (AvgIpc) is 3.90. The highest BCUT2D eigenvalue weighted by Gasteiger charge is 2.25. The van der Waals surface area contributed by atoms with Crippen LogP contribution in [0.2, 0.25) is 0 Å². The first-order valence-corrected chi connectivity index (χ1v) is 28.2. The fourth-order valence-corrected chi connectivity index (χ4v) is 11.9. The first-order valence-electron chi connectivity index (χ1n) is 28.2. The van der Waals surface area contributed by atoms with E-state index in [4.69, 9.17) is 29.9 Å². The molecule has 0 amide bonds. The molecule has 0 bridgehead atoms. The van der Waals surface area contributed by atoms with Crippen LogP contribution >= 0.6 is 0 Å². The standard InChI is InChI=1S/C74H57N7/c1-48-21-12-14-37-62(48)57-32-18-35-60(45-57)71-75-70(59-34-17-31-55(44-59)54-30-16-29-53(43-54)50-23-6-3-7-24-50)76-72(77-71)61-36-19-33-58(46-61)64-39-20-40-67-68(64)65-47-56(51-25-8-4-9-26-51)41-42-66(65)81(67)74-79-69(52-27-10-5-11-28-52)78-73(80-74)63-38-15-13-22-49(63)2/h3-15,17-21,23-29,31-49,62H,16,22,30H2,1-2H3. The van der Waals surface area contributed by atoms with Crippen molar-refractivity contribution < 1.29 is 0 Å². The van der Waals surface area contributed by atoms with Gasteiger partial charge >= 0.3 is 0 Å². The third kappa shape index (κ3) is 9.67. The molecule has 14 rings (SSSR count). The van der Waals surface area contributed by atoms with Crippen LogP contribution in [0, 0.1) is 11.8 Å². The predicted octanol–water partition coefficient (Wildman–Crippen LogP) is 18.2. The van der Waals surface area contributed by atoms with E-state index in [9.17, 15) is 0 Å². The maximum absolute atomic E-state index is 5.39. The summed E-state index contributed by atoms with van der Waals surface area (Å²) in [5.74, 6) is 4.58. The van der Waals surface area contributed by atoms with Crippen molar-refractivity contribution in [1.82, 2.24) is 34.5 Å². The smallest absolute Gasteiger partial charge is 0.238 e. The Morgan fingerprint density at radius 1 is 0.444 bits per heavy atom. The van der Waals surface area contributed by atoms with Crippen LogP contribution in [0.25, 0.3) is 112 Å². The SMILES string of the molecule is CC1CC=CC=C1c1nc(-c2ccccc2)nc(-n2c3ccc(-c4ccccc4)cc3c3c(-c4cccc(-c5nc(-c6cccc(C7=CC(c8ccccc8)=CCC7)c6)nc(-c6cccc(C7C=CC=CC7C)c6)n5)c4)cccc32)n1. The van der Waals surface area contributed by atoms with Crippen LogP contribution < -0.4 is 0 Å². The summed E-state index contributed by atoms with van der Waals surface area (Å²) >= 11 is 0. The molecule has 0 N–H and O–H groups in total. The Labute approximate surface area is 472 Å². The minimum absolute atomic E-state index is 0.244. The molecule has 8 aromatic carbocycles. The Balaban J connectivity index is 0.936. The van der Waals surface area contributed by atoms with E-state index >= 15 is 0 Å². The van der Waals surface area contributed by atoms with Crippen LogP contribution in [0.3, 0.4) is 0 Å². The lowest BCUT2D eigenvalue weighted by Crippen LogP contribution is -2.11. The molecule has 3 unspecified atom stereocenters. The molecule has 3 heterocycles. The number of nitrogens with zero attached hydrogens (tertiary/aromatic N) is 7. The van der Waals surface area contributed by atoms with E-state index in [-0.39, 0.29) is 11.8 Å². The molecular weight excluding hydrogens is 987 g/mol. The molecule has 0 fully saturated rings. The zero-order valence-corrected chi connectivity index (χ0v) is 45.2. The van der Waals surface area contributed by atoms with E-state index in [2.05, 4.69) is 255 Å². The van der Waals surface area contributed by atoms with Crippen molar-refractivity contribution >= 4 is 38.5 Å². The van der Waals surface area contributed by atoms with Gasteiger partial charge in [-0.25, -0.2) is 19.9 Å². The zero-order valence-electron chi connectivity index (χ0n) is 45.2. The van der Waals surface area contributed by atoms with Crippen LogP contribution in [0.5, 0.6) is 0 Å². The number of hydrogen-bond acceptors (Lipinski definition) is 6. The van der Waals surface area contributed by atoms with E-state index in [0.717, 1.165) is 96.7 Å². The summed E-state index contributed by atoms with van der Waals surface area (Å²) in [7, 11) is 0. The quantitative estimate of drug-likeness (QED) is 0.128. The van der Waals surface area contributed by atoms with Gasteiger partial charge in [0, 0.05) is 44.5 Å². The van der Waals surface area contributed by atoms with Crippen molar-refractivity contribution in [3.63, 3.8) is 0 Å². The van der Waals surface area contributed by atoms with Gasteiger partial charge in [0.25, 0.3) is 0 Å². The van der Waals surface area contributed by atoms with Gasteiger partial charge in [-0.2, -0.15) is 9.97 Å². The molecule has 11 aromatic rings. The number of benzene rings is 8. The summed E-state index contributed by atoms with van der Waals surface area (Å²) in [4.78, 5) is 31.9. The third-order valence-electron chi connectivity index (χ3n) is 16.2. The minimum Gasteiger partial charge on any atom is -0.278 e. The van der Waals surface area contributed by atoms with E-state index in [1.807, 2.05) is 18.2 Å². The third-order valence-corrected chi connectivity index (χ3v) is 16.2. The number of allylic oxidation sites excluding steroid dienone is 12. The van der Waals surface area contributed by atoms with Crippen molar-refractivity contribution in [2.75, 3.05) is 0 Å². The number of rotatable bonds is 11. The highest BCUT2D eigenvalue weighted by atomic mass is 15.2. The highest BCUT2D eigenvalue weighted by Crippen LogP contribution is 2.42. The Morgan fingerprint density at radius 2 is 1.04 bits per heavy atom. The van der Waals surface area contributed by atoms with Crippen molar-refractivity contribution in [3.8, 4) is 73.8 Å². The fraction of sp³-hybridized carbons (Fsp3) is 0.108. The van der Waals surface area contributed by atoms with Crippen molar-refractivity contribution in [2.24, 2.45) is 11.8 Å². The molecule has 0 radical (unpaired) electrons. The highest BCUT2D eigenvalue weighted by molar-refractivity contribution is 6.16. The molecule has 3 aromatic heterocycles. The fourth-order valence-electron chi connectivity index (χ4n) is 11.9. The lowest BCUT2D eigenvalue weighted by atomic mass is 9.84. The molecule has 81 heavy (non-hydrogen) atoms. The normalized spacial score (nSPS) is 16.8. The summed E-state index contributed by atoms with van der Waals surface area (Å²) in [5.41, 5.74) is 17.3. The minimum atomic E-state index is 0.244. The maximum atomic E-state index is 5.39. The molecule has 0 spiro atoms. The van der Waals surface area contributed by atoms with E-state index < -0.39 is 0 Å². The Morgan fingerprint density at radius 3 is 1.77 bits per heavy atom. The van der Waals surface area contributed by atoms with Crippen LogP contribution in [0.4, 0.5) is 0 Å². The van der Waals surface area contributed by atoms with Gasteiger partial charge in [0.05, 0.1) is 11.0 Å². The van der Waals surface area contributed by atoms with Gasteiger partial charge < -0.3 is 0 Å². The molecule has 0 saturated heterocycles. The van der Waals surface area contributed by atoms with E-state index in [1.54, 1.807) is 0 Å². The first-order chi connectivity index (χ1) is 40.0. The topological polar surface area (TPSA) is 82.3 Å². The second kappa shape index (κ2) is 21.3. The predicted molar refractivity (Wildman–Crippen MR) is 333 cm³/mol. The number of aromatic nitrogens is 7.